The van der Waals surface area contributed by atoms with Gasteiger partial charge in [-0.25, -0.2) is 22.9 Å². The monoisotopic (exact) mass is 951 g/mol. The van der Waals surface area contributed by atoms with Crippen LogP contribution < -0.4 is 24.8 Å². The standard InChI is InChI=1S/C44H50IN5O9S/c1-9-27-24-44(27,40(53)49-60(55,56)36-18-14-13-17-31(36)45)48-38(51)34-22-29(25-50(34)39(52)37(42(2,3)4)47-41(54)59-43(5,6)7)58-35-23-32(26-15-11-10-12-16-26)46-33-21-28(57-8)19-20-30(33)35/h9-21,23,27,29,34,37H,1,22,24-25H2,2-8H3,(H,47,54)(H,48,51)(H,49,53)/t27?,29-,34+,37-,44?/m1/s1. The van der Waals surface area contributed by atoms with Gasteiger partial charge in [-0.05, 0) is 79.5 Å². The molecule has 2 heterocycles. The van der Waals surface area contributed by atoms with Crippen LogP contribution in [0.5, 0.6) is 11.5 Å². The molecule has 0 bridgehead atoms. The first-order valence-corrected chi connectivity index (χ1v) is 22.0. The summed E-state index contributed by atoms with van der Waals surface area (Å²) >= 11 is 1.87. The highest BCUT2D eigenvalue weighted by molar-refractivity contribution is 14.1. The van der Waals surface area contributed by atoms with E-state index in [2.05, 4.69) is 21.9 Å². The number of aromatic nitrogens is 1. The van der Waals surface area contributed by atoms with Crippen LogP contribution in [0.3, 0.4) is 0 Å². The van der Waals surface area contributed by atoms with E-state index in [1.54, 1.807) is 85.1 Å². The molecule has 318 valence electrons. The summed E-state index contributed by atoms with van der Waals surface area (Å²) in [5, 5.41) is 6.21. The number of carbonyl (C=O) groups is 4. The number of nitrogens with one attached hydrogen (secondary N) is 3. The van der Waals surface area contributed by atoms with Crippen LogP contribution in [0.1, 0.15) is 54.4 Å². The van der Waals surface area contributed by atoms with Crippen molar-refractivity contribution in [2.75, 3.05) is 13.7 Å². The quantitative estimate of drug-likeness (QED) is 0.107. The van der Waals surface area contributed by atoms with Crippen LogP contribution in [-0.2, 0) is 29.1 Å². The minimum Gasteiger partial charge on any atom is -0.497 e. The topological polar surface area (TPSA) is 182 Å². The third-order valence-corrected chi connectivity index (χ3v) is 13.1. The van der Waals surface area contributed by atoms with Gasteiger partial charge in [0.05, 0.1) is 24.9 Å². The summed E-state index contributed by atoms with van der Waals surface area (Å²) in [7, 11) is -2.77. The van der Waals surface area contributed by atoms with E-state index in [9.17, 15) is 27.6 Å². The molecule has 16 heteroatoms. The van der Waals surface area contributed by atoms with Crippen molar-refractivity contribution in [3.63, 3.8) is 0 Å². The first-order chi connectivity index (χ1) is 28.2. The molecule has 2 fully saturated rings. The summed E-state index contributed by atoms with van der Waals surface area (Å²) in [5.41, 5.74) is -1.32. The number of pyridine rings is 1. The molecule has 0 radical (unpaired) electrons. The van der Waals surface area contributed by atoms with Gasteiger partial charge in [-0.1, -0.05) is 69.3 Å². The van der Waals surface area contributed by atoms with Crippen molar-refractivity contribution in [1.29, 1.82) is 0 Å². The summed E-state index contributed by atoms with van der Waals surface area (Å²) in [6, 6.07) is 20.6. The third kappa shape index (κ3) is 9.70. The molecule has 3 N–H and O–H groups in total. The molecule has 1 aromatic heterocycles. The summed E-state index contributed by atoms with van der Waals surface area (Å²) in [5.74, 6) is -1.78. The van der Waals surface area contributed by atoms with Crippen molar-refractivity contribution >= 4 is 67.3 Å². The van der Waals surface area contributed by atoms with Crippen LogP contribution in [0, 0.1) is 14.9 Å². The van der Waals surface area contributed by atoms with E-state index in [1.807, 2.05) is 59.0 Å². The van der Waals surface area contributed by atoms with Crippen molar-refractivity contribution in [2.24, 2.45) is 11.3 Å². The zero-order valence-corrected chi connectivity index (χ0v) is 37.5. The molecule has 1 aliphatic carbocycles. The summed E-state index contributed by atoms with van der Waals surface area (Å²) in [6.45, 7) is 14.2. The maximum absolute atomic E-state index is 14.8. The fourth-order valence-corrected chi connectivity index (χ4v) is 9.60. The molecule has 14 nitrogen and oxygen atoms in total. The highest BCUT2D eigenvalue weighted by atomic mass is 127. The van der Waals surface area contributed by atoms with Crippen LogP contribution in [0.15, 0.2) is 96.4 Å². The molecule has 4 aromatic rings. The maximum Gasteiger partial charge on any atom is 0.408 e. The lowest BCUT2D eigenvalue weighted by Gasteiger charge is -2.36. The number of ether oxygens (including phenoxy) is 3. The van der Waals surface area contributed by atoms with Gasteiger partial charge in [0.15, 0.2) is 0 Å². The van der Waals surface area contributed by atoms with Crippen LogP contribution >= 0.6 is 22.6 Å². The lowest BCUT2D eigenvalue weighted by atomic mass is 9.85. The molecule has 1 saturated heterocycles. The van der Waals surface area contributed by atoms with E-state index < -0.39 is 74.5 Å². The van der Waals surface area contributed by atoms with Gasteiger partial charge in [-0.3, -0.25) is 14.4 Å². The number of methoxy groups -OCH3 is 1. The van der Waals surface area contributed by atoms with Gasteiger partial charge in [0.1, 0.15) is 45.7 Å². The lowest BCUT2D eigenvalue weighted by molar-refractivity contribution is -0.143. The molecule has 2 aliphatic rings. The number of amides is 4. The highest BCUT2D eigenvalue weighted by Crippen LogP contribution is 2.45. The Labute approximate surface area is 364 Å². The molecular formula is C44H50IN5O9S. The first-order valence-electron chi connectivity index (χ1n) is 19.4. The van der Waals surface area contributed by atoms with Gasteiger partial charge in [-0.2, -0.15) is 0 Å². The molecule has 4 amide bonds. The van der Waals surface area contributed by atoms with E-state index in [1.165, 1.54) is 17.0 Å². The maximum atomic E-state index is 14.8. The van der Waals surface area contributed by atoms with E-state index in [4.69, 9.17) is 19.2 Å². The Bertz CT molecular complexity index is 2430. The zero-order valence-electron chi connectivity index (χ0n) is 34.6. The van der Waals surface area contributed by atoms with Crippen LogP contribution in [-0.4, -0.2) is 85.1 Å². The molecular weight excluding hydrogens is 901 g/mol. The average Bonchev–Trinajstić information content (AvgIpc) is 3.74. The average molecular weight is 952 g/mol. The van der Waals surface area contributed by atoms with Gasteiger partial charge in [0.2, 0.25) is 11.8 Å². The summed E-state index contributed by atoms with van der Waals surface area (Å²) in [4.78, 5) is 62.6. The number of hydrogen-bond donors (Lipinski definition) is 3. The Balaban J connectivity index is 1.35. The second-order valence-electron chi connectivity index (χ2n) is 17.1. The number of fused-ring (bicyclic) bond motifs is 1. The minimum absolute atomic E-state index is 0.0154. The molecule has 60 heavy (non-hydrogen) atoms. The van der Waals surface area contributed by atoms with Gasteiger partial charge in [0.25, 0.3) is 15.9 Å². The predicted octanol–water partition coefficient (Wildman–Crippen LogP) is 6.37. The van der Waals surface area contributed by atoms with E-state index in [0.29, 0.717) is 31.7 Å². The zero-order chi connectivity index (χ0) is 43.8. The largest absolute Gasteiger partial charge is 0.497 e. The second-order valence-corrected chi connectivity index (χ2v) is 19.9. The SMILES string of the molecule is C=CC1CC1(NC(=O)[C@@H]1C[C@@H](Oc2cc(-c3ccccc3)nc3cc(OC)ccc23)CN1C(=O)[C@@H](NC(=O)OC(C)(C)C)C(C)(C)C)C(=O)NS(=O)(=O)c1ccccc1I. The number of benzene rings is 3. The van der Waals surface area contributed by atoms with Crippen molar-refractivity contribution in [2.45, 2.75) is 88.6 Å². The van der Waals surface area contributed by atoms with Crippen LogP contribution in [0.25, 0.3) is 22.2 Å². The third-order valence-electron chi connectivity index (χ3n) is 10.4. The molecule has 1 aliphatic heterocycles. The van der Waals surface area contributed by atoms with Gasteiger partial charge in [-0.15, -0.1) is 6.58 Å². The van der Waals surface area contributed by atoms with Crippen LogP contribution in [0.2, 0.25) is 0 Å². The van der Waals surface area contributed by atoms with E-state index >= 15 is 0 Å². The molecule has 0 spiro atoms. The van der Waals surface area contributed by atoms with Crippen molar-refractivity contribution in [3.05, 3.63) is 95.1 Å². The Morgan fingerprint density at radius 3 is 2.28 bits per heavy atom. The van der Waals surface area contributed by atoms with Gasteiger partial charge >= 0.3 is 6.09 Å². The number of rotatable bonds is 12. The minimum atomic E-state index is -4.33. The molecule has 2 unspecified atom stereocenters. The number of halogens is 1. The smallest absolute Gasteiger partial charge is 0.408 e. The molecule has 5 atom stereocenters. The number of likely N-dealkylation sites (tertiary alicyclic amines) is 1. The summed E-state index contributed by atoms with van der Waals surface area (Å²) < 4.78 is 47.1. The number of hydrogen-bond acceptors (Lipinski definition) is 10. The Morgan fingerprint density at radius 1 is 0.983 bits per heavy atom. The number of nitrogens with zero attached hydrogens (tertiary/aromatic N) is 2. The van der Waals surface area contributed by atoms with Crippen LogP contribution in [0.4, 0.5) is 4.79 Å². The number of sulfonamides is 1. The first kappa shape index (κ1) is 44.3. The summed E-state index contributed by atoms with van der Waals surface area (Å²) in [6.07, 6.45) is -0.0274. The Kier molecular flexibility index (Phi) is 12.6. The number of alkyl carbamates (subject to hydrolysis) is 1. The van der Waals surface area contributed by atoms with E-state index in [0.717, 1.165) is 5.56 Å². The Morgan fingerprint density at radius 2 is 1.67 bits per heavy atom. The number of carbonyl (C=O) groups excluding carboxylic acids is 4. The highest BCUT2D eigenvalue weighted by Gasteiger charge is 2.61. The van der Waals surface area contributed by atoms with E-state index in [-0.39, 0.29) is 24.3 Å². The van der Waals surface area contributed by atoms with Crippen molar-refractivity contribution in [1.82, 2.24) is 25.2 Å². The predicted molar refractivity (Wildman–Crippen MR) is 235 cm³/mol. The Hall–Kier alpha value is -5.23. The molecule has 1 saturated carbocycles. The van der Waals surface area contributed by atoms with Crippen molar-refractivity contribution < 1.29 is 41.8 Å². The fourth-order valence-electron chi connectivity index (χ4n) is 7.22. The van der Waals surface area contributed by atoms with Crippen molar-refractivity contribution in [3.8, 4) is 22.8 Å². The molecule has 3 aromatic carbocycles. The lowest BCUT2D eigenvalue weighted by Crippen LogP contribution is -2.60. The van der Waals surface area contributed by atoms with Gasteiger partial charge < -0.3 is 29.7 Å². The van der Waals surface area contributed by atoms with Gasteiger partial charge in [0, 0.05) is 39.0 Å². The second kappa shape index (κ2) is 17.0. The fraction of sp³-hybridized carbons (Fsp3) is 0.386. The normalized spacial score (nSPS) is 20.7. The molecule has 6 rings (SSSR count).